The molecule has 2 aromatic heterocycles. The Morgan fingerprint density at radius 2 is 1.89 bits per heavy atom. The second-order valence-corrected chi connectivity index (χ2v) is 10.8. The van der Waals surface area contributed by atoms with Crippen molar-refractivity contribution in [2.75, 3.05) is 37.6 Å². The summed E-state index contributed by atoms with van der Waals surface area (Å²) in [4.78, 5) is 27.2. The van der Waals surface area contributed by atoms with Gasteiger partial charge in [-0.25, -0.2) is 9.97 Å². The Morgan fingerprint density at radius 1 is 1.09 bits per heavy atom. The molecule has 1 aliphatic heterocycles. The molecular formula is C27H35N5O2S. The van der Waals surface area contributed by atoms with E-state index in [2.05, 4.69) is 48.9 Å². The molecule has 1 fully saturated rings. The number of aromatic nitrogens is 2. The number of rotatable bonds is 8. The van der Waals surface area contributed by atoms with Gasteiger partial charge in [-0.1, -0.05) is 51.6 Å². The third-order valence-corrected chi connectivity index (χ3v) is 7.08. The molecule has 1 amide bonds. The number of amides is 1. The quantitative estimate of drug-likeness (QED) is 0.359. The summed E-state index contributed by atoms with van der Waals surface area (Å²) in [6.45, 7) is 14.3. The first-order chi connectivity index (χ1) is 16.8. The Balaban J connectivity index is 1.45. The third kappa shape index (κ3) is 6.86. The van der Waals surface area contributed by atoms with Gasteiger partial charge in [0.15, 0.2) is 5.16 Å². The maximum atomic E-state index is 12.6. The van der Waals surface area contributed by atoms with Crippen LogP contribution in [0.3, 0.4) is 0 Å². The SMILES string of the molecule is CCN1CCN(c2cc(C(C)(C)C)nc(SCc3cccc(C(=O)NCc4ccco4)c3)n2)CC1. The third-order valence-electron chi connectivity index (χ3n) is 6.16. The molecule has 0 unspecified atom stereocenters. The highest BCUT2D eigenvalue weighted by Crippen LogP contribution is 2.29. The molecule has 1 N–H and O–H groups in total. The average Bonchev–Trinajstić information content (AvgIpc) is 3.39. The molecule has 8 heteroatoms. The van der Waals surface area contributed by atoms with Crippen LogP contribution in [0.25, 0.3) is 0 Å². The number of carbonyl (C=O) groups is 1. The molecule has 0 aliphatic carbocycles. The van der Waals surface area contributed by atoms with Crippen molar-refractivity contribution < 1.29 is 9.21 Å². The van der Waals surface area contributed by atoms with Gasteiger partial charge in [-0.05, 0) is 36.4 Å². The lowest BCUT2D eigenvalue weighted by Gasteiger charge is -2.35. The minimum absolute atomic E-state index is 0.0652. The minimum atomic E-state index is -0.118. The summed E-state index contributed by atoms with van der Waals surface area (Å²) in [6.07, 6.45) is 1.60. The van der Waals surface area contributed by atoms with Gasteiger partial charge in [0, 0.05) is 49.0 Å². The van der Waals surface area contributed by atoms with Crippen molar-refractivity contribution in [2.45, 2.75) is 50.6 Å². The van der Waals surface area contributed by atoms with Crippen LogP contribution in [0.5, 0.6) is 0 Å². The van der Waals surface area contributed by atoms with Crippen LogP contribution >= 0.6 is 11.8 Å². The fraction of sp³-hybridized carbons (Fsp3) is 0.444. The highest BCUT2D eigenvalue weighted by atomic mass is 32.2. The molecule has 1 aliphatic rings. The standard InChI is InChI=1S/C27H35N5O2S/c1-5-31-11-13-32(14-12-31)24-17-23(27(2,3)4)29-26(30-24)35-19-20-8-6-9-21(16-20)25(33)28-18-22-10-7-15-34-22/h6-10,15-17H,5,11-14,18-19H2,1-4H3,(H,28,33). The molecule has 1 saturated heterocycles. The first-order valence-corrected chi connectivity index (χ1v) is 13.2. The molecule has 186 valence electrons. The van der Waals surface area contributed by atoms with Gasteiger partial charge in [0.25, 0.3) is 5.91 Å². The molecule has 0 radical (unpaired) electrons. The summed E-state index contributed by atoms with van der Waals surface area (Å²) in [6, 6.07) is 13.5. The number of nitrogens with zero attached hydrogens (tertiary/aromatic N) is 4. The predicted octanol–water partition coefficient (Wildman–Crippen LogP) is 4.73. The topological polar surface area (TPSA) is 74.5 Å². The van der Waals surface area contributed by atoms with Crippen molar-refractivity contribution in [1.29, 1.82) is 0 Å². The average molecular weight is 494 g/mol. The van der Waals surface area contributed by atoms with Gasteiger partial charge >= 0.3 is 0 Å². The number of hydrogen-bond acceptors (Lipinski definition) is 7. The number of thioether (sulfide) groups is 1. The van der Waals surface area contributed by atoms with Crippen LogP contribution in [0.15, 0.2) is 58.3 Å². The van der Waals surface area contributed by atoms with Crippen LogP contribution in [0, 0.1) is 0 Å². The normalized spacial score (nSPS) is 14.8. The smallest absolute Gasteiger partial charge is 0.251 e. The van der Waals surface area contributed by atoms with E-state index in [-0.39, 0.29) is 11.3 Å². The fourth-order valence-electron chi connectivity index (χ4n) is 3.95. The Kier molecular flexibility index (Phi) is 8.13. The molecule has 4 rings (SSSR count). The van der Waals surface area contributed by atoms with Crippen LogP contribution < -0.4 is 10.2 Å². The van der Waals surface area contributed by atoms with E-state index in [1.807, 2.05) is 36.4 Å². The monoisotopic (exact) mass is 493 g/mol. The second kappa shape index (κ2) is 11.3. The zero-order valence-corrected chi connectivity index (χ0v) is 21.9. The number of furan rings is 1. The molecule has 0 atom stereocenters. The molecular weight excluding hydrogens is 458 g/mol. The Labute approximate surface area is 212 Å². The molecule has 0 spiro atoms. The lowest BCUT2D eigenvalue weighted by atomic mass is 9.92. The summed E-state index contributed by atoms with van der Waals surface area (Å²) < 4.78 is 5.29. The first kappa shape index (κ1) is 25.3. The molecule has 3 heterocycles. The lowest BCUT2D eigenvalue weighted by Crippen LogP contribution is -2.46. The van der Waals surface area contributed by atoms with Gasteiger partial charge in [0.1, 0.15) is 11.6 Å². The second-order valence-electron chi connectivity index (χ2n) is 9.82. The summed E-state index contributed by atoms with van der Waals surface area (Å²) in [5.41, 5.74) is 2.68. The molecule has 1 aromatic carbocycles. The minimum Gasteiger partial charge on any atom is -0.467 e. The van der Waals surface area contributed by atoms with Gasteiger partial charge in [0.2, 0.25) is 0 Å². The van der Waals surface area contributed by atoms with Crippen molar-refractivity contribution in [3.63, 3.8) is 0 Å². The number of nitrogens with one attached hydrogen (secondary N) is 1. The highest BCUT2D eigenvalue weighted by Gasteiger charge is 2.22. The van der Waals surface area contributed by atoms with Gasteiger partial charge in [-0.15, -0.1) is 0 Å². The van der Waals surface area contributed by atoms with E-state index in [0.29, 0.717) is 17.9 Å². The largest absolute Gasteiger partial charge is 0.467 e. The summed E-state index contributed by atoms with van der Waals surface area (Å²) in [7, 11) is 0. The number of piperazine rings is 1. The van der Waals surface area contributed by atoms with Crippen molar-refractivity contribution in [2.24, 2.45) is 0 Å². The first-order valence-electron chi connectivity index (χ1n) is 12.2. The maximum Gasteiger partial charge on any atom is 0.251 e. The van der Waals surface area contributed by atoms with Crippen LogP contribution in [0.1, 0.15) is 55.1 Å². The Hall–Kier alpha value is -2.84. The van der Waals surface area contributed by atoms with E-state index in [1.54, 1.807) is 18.0 Å². The van der Waals surface area contributed by atoms with Crippen LogP contribution in [-0.4, -0.2) is 53.5 Å². The Bertz CT molecular complexity index is 1120. The summed E-state index contributed by atoms with van der Waals surface area (Å²) >= 11 is 1.61. The van der Waals surface area contributed by atoms with Crippen LogP contribution in [0.4, 0.5) is 5.82 Å². The number of anilines is 1. The molecule has 3 aromatic rings. The zero-order chi connectivity index (χ0) is 24.8. The van der Waals surface area contributed by atoms with Crippen LogP contribution in [0.2, 0.25) is 0 Å². The number of hydrogen-bond donors (Lipinski definition) is 1. The number of likely N-dealkylation sites (N-methyl/N-ethyl adjacent to an activating group) is 1. The highest BCUT2D eigenvalue weighted by molar-refractivity contribution is 7.98. The molecule has 0 saturated carbocycles. The number of benzene rings is 1. The summed E-state index contributed by atoms with van der Waals surface area (Å²) in [5.74, 6) is 2.31. The van der Waals surface area contributed by atoms with Crippen molar-refractivity contribution in [3.8, 4) is 0 Å². The van der Waals surface area contributed by atoms with Crippen molar-refractivity contribution >= 4 is 23.5 Å². The van der Waals surface area contributed by atoms with Crippen LogP contribution in [-0.2, 0) is 17.7 Å². The predicted molar refractivity (Wildman–Crippen MR) is 141 cm³/mol. The zero-order valence-electron chi connectivity index (χ0n) is 21.1. The van der Waals surface area contributed by atoms with E-state index in [0.717, 1.165) is 60.7 Å². The van der Waals surface area contributed by atoms with E-state index < -0.39 is 0 Å². The van der Waals surface area contributed by atoms with E-state index in [1.165, 1.54) is 0 Å². The van der Waals surface area contributed by atoms with Gasteiger partial charge in [-0.3, -0.25) is 4.79 Å². The van der Waals surface area contributed by atoms with Gasteiger partial charge < -0.3 is 19.5 Å². The lowest BCUT2D eigenvalue weighted by molar-refractivity contribution is 0.0948. The molecule has 7 nitrogen and oxygen atoms in total. The molecule has 0 bridgehead atoms. The van der Waals surface area contributed by atoms with E-state index >= 15 is 0 Å². The fourth-order valence-corrected chi connectivity index (χ4v) is 4.75. The van der Waals surface area contributed by atoms with E-state index in [9.17, 15) is 4.79 Å². The number of carbonyl (C=O) groups excluding carboxylic acids is 1. The van der Waals surface area contributed by atoms with Crippen molar-refractivity contribution in [1.82, 2.24) is 20.2 Å². The van der Waals surface area contributed by atoms with Gasteiger partial charge in [-0.2, -0.15) is 0 Å². The Morgan fingerprint density at radius 3 is 2.57 bits per heavy atom. The molecule has 35 heavy (non-hydrogen) atoms. The maximum absolute atomic E-state index is 12.6. The van der Waals surface area contributed by atoms with E-state index in [4.69, 9.17) is 14.4 Å². The summed E-state index contributed by atoms with van der Waals surface area (Å²) in [5, 5.41) is 3.68. The van der Waals surface area contributed by atoms with Gasteiger partial charge in [0.05, 0.1) is 18.5 Å². The van der Waals surface area contributed by atoms with Crippen molar-refractivity contribution in [3.05, 3.63) is 71.3 Å².